The van der Waals surface area contributed by atoms with Crippen molar-refractivity contribution in [2.24, 2.45) is 0 Å². The van der Waals surface area contributed by atoms with Crippen LogP contribution >= 0.6 is 0 Å². The van der Waals surface area contributed by atoms with Crippen molar-refractivity contribution in [2.75, 3.05) is 0 Å². The molecular formula is C5H6N3. The van der Waals surface area contributed by atoms with Crippen molar-refractivity contribution in [3.8, 4) is 0 Å². The maximum absolute atomic E-state index is 3.67. The molecule has 0 amide bonds. The molecule has 1 aromatic rings. The van der Waals surface area contributed by atoms with Gasteiger partial charge in [0.05, 0.1) is 0 Å². The highest BCUT2D eigenvalue weighted by atomic mass is 15.2. The maximum Gasteiger partial charge on any atom is 0.199 e. The van der Waals surface area contributed by atoms with E-state index in [2.05, 4.69) is 28.1 Å². The standard InChI is InChI=1S/C5H6N3/c1-2-3-5-6-4-7-8-5/h2H,1,3H2,(H,6,7,8). The second-order valence-corrected chi connectivity index (χ2v) is 1.38. The third kappa shape index (κ3) is 0.932. The highest BCUT2D eigenvalue weighted by Crippen LogP contribution is 1.84. The molecule has 0 atom stereocenters. The number of H-pyrrole nitrogens is 1. The SMILES string of the molecule is C=CCc1nn[c][nH]1. The molecule has 3 heteroatoms. The highest BCUT2D eigenvalue weighted by Gasteiger charge is 1.87. The molecule has 41 valence electrons. The van der Waals surface area contributed by atoms with Crippen molar-refractivity contribution in [2.45, 2.75) is 6.42 Å². The molecule has 1 aromatic heterocycles. The number of rotatable bonds is 2. The van der Waals surface area contributed by atoms with Gasteiger partial charge in [-0.25, -0.2) is 0 Å². The summed E-state index contributed by atoms with van der Waals surface area (Å²) < 4.78 is 0. The molecule has 0 fully saturated rings. The van der Waals surface area contributed by atoms with Crippen LogP contribution in [0, 0.1) is 6.33 Å². The van der Waals surface area contributed by atoms with Crippen molar-refractivity contribution in [1.82, 2.24) is 15.2 Å². The molecule has 3 nitrogen and oxygen atoms in total. The number of aromatic nitrogens is 3. The summed E-state index contributed by atoms with van der Waals surface area (Å²) in [6, 6.07) is 0. The molecule has 0 unspecified atom stereocenters. The first-order valence-corrected chi connectivity index (χ1v) is 2.32. The lowest BCUT2D eigenvalue weighted by Crippen LogP contribution is -1.81. The van der Waals surface area contributed by atoms with E-state index in [-0.39, 0.29) is 0 Å². The van der Waals surface area contributed by atoms with Gasteiger partial charge in [-0.3, -0.25) is 0 Å². The normalized spacial score (nSPS) is 9.00. The van der Waals surface area contributed by atoms with Crippen molar-refractivity contribution in [3.05, 3.63) is 24.8 Å². The van der Waals surface area contributed by atoms with E-state index in [1.165, 1.54) is 0 Å². The average molecular weight is 108 g/mol. The van der Waals surface area contributed by atoms with Gasteiger partial charge in [-0.2, -0.15) is 0 Å². The number of nitrogens with zero attached hydrogens (tertiary/aromatic N) is 2. The predicted octanol–water partition coefficient (Wildman–Crippen LogP) is 0.333. The lowest BCUT2D eigenvalue weighted by molar-refractivity contribution is 0.991. The zero-order valence-electron chi connectivity index (χ0n) is 4.39. The minimum atomic E-state index is 0.733. The van der Waals surface area contributed by atoms with Crippen LogP contribution in [0.4, 0.5) is 0 Å². The average Bonchev–Trinajstić information content (AvgIpc) is 2.19. The Morgan fingerprint density at radius 2 is 2.75 bits per heavy atom. The van der Waals surface area contributed by atoms with Gasteiger partial charge in [-0.05, 0) is 0 Å². The number of hydrogen-bond acceptors (Lipinski definition) is 2. The van der Waals surface area contributed by atoms with Gasteiger partial charge in [0.15, 0.2) is 6.33 Å². The zero-order valence-corrected chi connectivity index (χ0v) is 4.39. The van der Waals surface area contributed by atoms with Crippen molar-refractivity contribution in [1.29, 1.82) is 0 Å². The molecule has 8 heavy (non-hydrogen) atoms. The van der Waals surface area contributed by atoms with E-state index in [4.69, 9.17) is 0 Å². The van der Waals surface area contributed by atoms with Gasteiger partial charge in [-0.15, -0.1) is 16.8 Å². The monoisotopic (exact) mass is 108 g/mol. The fourth-order valence-corrected chi connectivity index (χ4v) is 0.428. The largest absolute Gasteiger partial charge is 0.322 e. The molecule has 1 radical (unpaired) electrons. The summed E-state index contributed by atoms with van der Waals surface area (Å²) in [5.74, 6) is 0.806. The Balaban J connectivity index is 2.62. The van der Waals surface area contributed by atoms with Gasteiger partial charge >= 0.3 is 0 Å². The first kappa shape index (κ1) is 5.03. The molecule has 1 heterocycles. The molecule has 1 N–H and O–H groups in total. The number of allylic oxidation sites excluding steroid dienone is 1. The quantitative estimate of drug-likeness (QED) is 0.555. The second kappa shape index (κ2) is 2.26. The summed E-state index contributed by atoms with van der Waals surface area (Å²) in [6.45, 7) is 3.53. The third-order valence-corrected chi connectivity index (χ3v) is 0.759. The Hall–Kier alpha value is -1.12. The fraction of sp³-hybridized carbons (Fsp3) is 0.200. The summed E-state index contributed by atoms with van der Waals surface area (Å²) >= 11 is 0. The Kier molecular flexibility index (Phi) is 1.42. The maximum atomic E-state index is 3.67. The van der Waals surface area contributed by atoms with Gasteiger partial charge in [0.2, 0.25) is 0 Å². The van der Waals surface area contributed by atoms with E-state index in [9.17, 15) is 0 Å². The van der Waals surface area contributed by atoms with E-state index >= 15 is 0 Å². The van der Waals surface area contributed by atoms with Gasteiger partial charge in [0.25, 0.3) is 0 Å². The van der Waals surface area contributed by atoms with Crippen LogP contribution < -0.4 is 0 Å². The number of aromatic amines is 1. The number of hydrogen-bond donors (Lipinski definition) is 1. The van der Waals surface area contributed by atoms with Crippen LogP contribution in [0.1, 0.15) is 5.82 Å². The van der Waals surface area contributed by atoms with E-state index in [0.29, 0.717) is 0 Å². The van der Waals surface area contributed by atoms with Crippen molar-refractivity contribution < 1.29 is 0 Å². The molecule has 0 aromatic carbocycles. The molecule has 0 saturated heterocycles. The lowest BCUT2D eigenvalue weighted by atomic mass is 10.4. The lowest BCUT2D eigenvalue weighted by Gasteiger charge is -1.79. The Morgan fingerprint density at radius 3 is 3.25 bits per heavy atom. The molecule has 0 aliphatic rings. The van der Waals surface area contributed by atoms with Crippen LogP contribution in [0.2, 0.25) is 0 Å². The molecule has 0 spiro atoms. The minimum Gasteiger partial charge on any atom is -0.322 e. The van der Waals surface area contributed by atoms with E-state index in [0.717, 1.165) is 12.2 Å². The van der Waals surface area contributed by atoms with Crippen LogP contribution in [-0.4, -0.2) is 15.2 Å². The molecule has 0 aliphatic carbocycles. The van der Waals surface area contributed by atoms with Gasteiger partial charge in [0, 0.05) is 6.42 Å². The summed E-state index contributed by atoms with van der Waals surface area (Å²) in [5.41, 5.74) is 0. The first-order valence-electron chi connectivity index (χ1n) is 2.32. The summed E-state index contributed by atoms with van der Waals surface area (Å²) in [5, 5.41) is 7.14. The summed E-state index contributed by atoms with van der Waals surface area (Å²) in [7, 11) is 0. The summed E-state index contributed by atoms with van der Waals surface area (Å²) in [4.78, 5) is 2.72. The topological polar surface area (TPSA) is 41.6 Å². The zero-order chi connectivity index (χ0) is 5.82. The first-order chi connectivity index (χ1) is 3.93. The molecule has 0 saturated carbocycles. The number of nitrogens with one attached hydrogen (secondary N) is 1. The van der Waals surface area contributed by atoms with Gasteiger partial charge in [0.1, 0.15) is 5.82 Å². The van der Waals surface area contributed by atoms with Crippen LogP contribution in [-0.2, 0) is 6.42 Å². The fourth-order valence-electron chi connectivity index (χ4n) is 0.428. The van der Waals surface area contributed by atoms with Crippen molar-refractivity contribution in [3.63, 3.8) is 0 Å². The molecular weight excluding hydrogens is 102 g/mol. The van der Waals surface area contributed by atoms with E-state index in [1.807, 2.05) is 0 Å². The predicted molar refractivity (Wildman–Crippen MR) is 29.1 cm³/mol. The third-order valence-electron chi connectivity index (χ3n) is 0.759. The van der Waals surface area contributed by atoms with Crippen molar-refractivity contribution >= 4 is 0 Å². The smallest absolute Gasteiger partial charge is 0.199 e. The Labute approximate surface area is 47.5 Å². The molecule has 1 rings (SSSR count). The Bertz CT molecular complexity index is 154. The van der Waals surface area contributed by atoms with E-state index < -0.39 is 0 Å². The van der Waals surface area contributed by atoms with Gasteiger partial charge < -0.3 is 4.98 Å². The van der Waals surface area contributed by atoms with Crippen LogP contribution in [0.15, 0.2) is 12.7 Å². The molecule has 0 bridgehead atoms. The second-order valence-electron chi connectivity index (χ2n) is 1.38. The minimum absolute atomic E-state index is 0.733. The highest BCUT2D eigenvalue weighted by molar-refractivity contribution is 4.87. The van der Waals surface area contributed by atoms with Gasteiger partial charge in [-0.1, -0.05) is 6.08 Å². The van der Waals surface area contributed by atoms with Crippen LogP contribution in [0.25, 0.3) is 0 Å². The van der Waals surface area contributed by atoms with E-state index in [1.54, 1.807) is 6.08 Å². The van der Waals surface area contributed by atoms with Crippen LogP contribution in [0.5, 0.6) is 0 Å². The summed E-state index contributed by atoms with van der Waals surface area (Å²) in [6.07, 6.45) is 4.97. The van der Waals surface area contributed by atoms with Crippen LogP contribution in [0.3, 0.4) is 0 Å². The molecule has 0 aliphatic heterocycles. The Morgan fingerprint density at radius 1 is 1.88 bits per heavy atom.